The molecule has 0 aliphatic carbocycles. The number of methoxy groups -OCH3 is 1. The summed E-state index contributed by atoms with van der Waals surface area (Å²) in [7, 11) is 1.34. The van der Waals surface area contributed by atoms with Crippen LogP contribution in [0.5, 0.6) is 11.5 Å². The summed E-state index contributed by atoms with van der Waals surface area (Å²) in [5.74, 6) is -0.326. The van der Waals surface area contributed by atoms with E-state index in [-0.39, 0.29) is 22.8 Å². The van der Waals surface area contributed by atoms with Gasteiger partial charge in [-0.15, -0.1) is 0 Å². The van der Waals surface area contributed by atoms with E-state index in [9.17, 15) is 13.6 Å². The van der Waals surface area contributed by atoms with Crippen LogP contribution < -0.4 is 9.47 Å². The van der Waals surface area contributed by atoms with Gasteiger partial charge in [0.25, 0.3) is 0 Å². The Morgan fingerprint density at radius 3 is 2.50 bits per heavy atom. The van der Waals surface area contributed by atoms with Crippen LogP contribution >= 0.6 is 0 Å². The summed E-state index contributed by atoms with van der Waals surface area (Å²) in [5.41, 5.74) is 1.11. The van der Waals surface area contributed by atoms with Crippen molar-refractivity contribution in [3.63, 3.8) is 0 Å². The molecule has 0 fully saturated rings. The summed E-state index contributed by atoms with van der Waals surface area (Å²) in [6.07, 6.45) is 2.62. The summed E-state index contributed by atoms with van der Waals surface area (Å²) >= 11 is 0. The number of halogens is 2. The SMILES string of the molecule is COc1cccc(/C=C/C(=O)c2ccc(C#N)cc2)c1OC(F)F. The molecule has 0 heterocycles. The smallest absolute Gasteiger partial charge is 0.387 e. The van der Waals surface area contributed by atoms with Crippen molar-refractivity contribution in [1.29, 1.82) is 5.26 Å². The second-order valence-corrected chi connectivity index (χ2v) is 4.64. The highest BCUT2D eigenvalue weighted by atomic mass is 19.3. The summed E-state index contributed by atoms with van der Waals surface area (Å²) in [6, 6.07) is 12.7. The van der Waals surface area contributed by atoms with Gasteiger partial charge in [-0.3, -0.25) is 4.79 Å². The van der Waals surface area contributed by atoms with Gasteiger partial charge in [0.15, 0.2) is 17.3 Å². The molecule has 0 atom stereocenters. The first-order valence-electron chi connectivity index (χ1n) is 6.89. The zero-order chi connectivity index (χ0) is 17.5. The number of carbonyl (C=O) groups excluding carboxylic acids is 1. The van der Waals surface area contributed by atoms with Crippen molar-refractivity contribution in [3.8, 4) is 17.6 Å². The molecule has 0 unspecified atom stereocenters. The molecule has 2 aromatic rings. The highest BCUT2D eigenvalue weighted by molar-refractivity contribution is 6.07. The van der Waals surface area contributed by atoms with Gasteiger partial charge in [0.1, 0.15) is 0 Å². The number of para-hydroxylation sites is 1. The van der Waals surface area contributed by atoms with Crippen LogP contribution in [0.2, 0.25) is 0 Å². The van der Waals surface area contributed by atoms with Gasteiger partial charge < -0.3 is 9.47 Å². The second-order valence-electron chi connectivity index (χ2n) is 4.64. The van der Waals surface area contributed by atoms with Crippen molar-refractivity contribution in [1.82, 2.24) is 0 Å². The average molecular weight is 329 g/mol. The van der Waals surface area contributed by atoms with E-state index in [2.05, 4.69) is 4.74 Å². The normalized spacial score (nSPS) is 10.6. The maximum absolute atomic E-state index is 12.6. The zero-order valence-corrected chi connectivity index (χ0v) is 12.7. The van der Waals surface area contributed by atoms with Crippen LogP contribution in [-0.2, 0) is 0 Å². The molecular weight excluding hydrogens is 316 g/mol. The molecule has 0 amide bonds. The first-order chi connectivity index (χ1) is 11.5. The van der Waals surface area contributed by atoms with Crippen LogP contribution in [-0.4, -0.2) is 19.5 Å². The third-order valence-corrected chi connectivity index (χ3v) is 3.15. The Labute approximate surface area is 137 Å². The number of carbonyl (C=O) groups is 1. The highest BCUT2D eigenvalue weighted by Crippen LogP contribution is 2.33. The topological polar surface area (TPSA) is 59.3 Å². The first-order valence-corrected chi connectivity index (χ1v) is 6.89. The van der Waals surface area contributed by atoms with E-state index in [1.807, 2.05) is 6.07 Å². The molecule has 0 spiro atoms. The van der Waals surface area contributed by atoms with Crippen LogP contribution in [0.25, 0.3) is 6.08 Å². The van der Waals surface area contributed by atoms with Gasteiger partial charge in [-0.05, 0) is 42.5 Å². The van der Waals surface area contributed by atoms with Crippen molar-refractivity contribution < 1.29 is 23.0 Å². The van der Waals surface area contributed by atoms with E-state index in [0.29, 0.717) is 11.1 Å². The summed E-state index contributed by atoms with van der Waals surface area (Å²) < 4.78 is 34.6. The molecule has 0 radical (unpaired) electrons. The molecule has 0 aliphatic rings. The Morgan fingerprint density at radius 1 is 1.21 bits per heavy atom. The van der Waals surface area contributed by atoms with Crippen molar-refractivity contribution in [2.75, 3.05) is 7.11 Å². The predicted molar refractivity (Wildman–Crippen MR) is 84.1 cm³/mol. The first kappa shape index (κ1) is 17.2. The van der Waals surface area contributed by atoms with Crippen molar-refractivity contribution in [2.24, 2.45) is 0 Å². The third-order valence-electron chi connectivity index (χ3n) is 3.15. The maximum atomic E-state index is 12.6. The monoisotopic (exact) mass is 329 g/mol. The number of alkyl halides is 2. The van der Waals surface area contributed by atoms with Crippen LogP contribution in [0.15, 0.2) is 48.5 Å². The summed E-state index contributed by atoms with van der Waals surface area (Å²) in [6.45, 7) is -3.01. The fraction of sp³-hybridized carbons (Fsp3) is 0.111. The van der Waals surface area contributed by atoms with Crippen LogP contribution in [0.4, 0.5) is 8.78 Å². The second kappa shape index (κ2) is 7.88. The summed E-state index contributed by atoms with van der Waals surface area (Å²) in [5, 5.41) is 8.74. The Hall–Kier alpha value is -3.20. The van der Waals surface area contributed by atoms with Crippen molar-refractivity contribution >= 4 is 11.9 Å². The molecule has 2 aromatic carbocycles. The van der Waals surface area contributed by atoms with Crippen molar-refractivity contribution in [2.45, 2.75) is 6.61 Å². The van der Waals surface area contributed by atoms with E-state index >= 15 is 0 Å². The molecule has 6 heteroatoms. The van der Waals surface area contributed by atoms with Gasteiger partial charge in [0.05, 0.1) is 18.7 Å². The highest BCUT2D eigenvalue weighted by Gasteiger charge is 2.14. The lowest BCUT2D eigenvalue weighted by molar-refractivity contribution is -0.0513. The zero-order valence-electron chi connectivity index (χ0n) is 12.7. The van der Waals surface area contributed by atoms with Gasteiger partial charge in [-0.1, -0.05) is 12.1 Å². The number of allylic oxidation sites excluding steroid dienone is 1. The fourth-order valence-electron chi connectivity index (χ4n) is 2.01. The number of ether oxygens (including phenoxy) is 2. The number of hydrogen-bond donors (Lipinski definition) is 0. The molecule has 2 rings (SSSR count). The van der Waals surface area contributed by atoms with E-state index in [1.54, 1.807) is 6.07 Å². The Kier molecular flexibility index (Phi) is 5.63. The van der Waals surface area contributed by atoms with Crippen LogP contribution in [0.3, 0.4) is 0 Å². The van der Waals surface area contributed by atoms with Gasteiger partial charge in [0.2, 0.25) is 0 Å². The lowest BCUT2D eigenvalue weighted by Gasteiger charge is -2.12. The molecule has 0 saturated carbocycles. The molecule has 0 aliphatic heterocycles. The average Bonchev–Trinajstić information content (AvgIpc) is 2.60. The lowest BCUT2D eigenvalue weighted by Crippen LogP contribution is -2.05. The molecule has 24 heavy (non-hydrogen) atoms. The molecule has 0 aromatic heterocycles. The summed E-state index contributed by atoms with van der Waals surface area (Å²) in [4.78, 5) is 12.1. The van der Waals surface area contributed by atoms with Gasteiger partial charge >= 0.3 is 6.61 Å². The minimum Gasteiger partial charge on any atom is -0.493 e. The van der Waals surface area contributed by atoms with Gasteiger partial charge in [-0.25, -0.2) is 0 Å². The molecular formula is C18H13F2NO3. The van der Waals surface area contributed by atoms with Crippen LogP contribution in [0, 0.1) is 11.3 Å². The minimum absolute atomic E-state index is 0.140. The maximum Gasteiger partial charge on any atom is 0.387 e. The van der Waals surface area contributed by atoms with E-state index in [0.717, 1.165) is 0 Å². The number of ketones is 1. The Balaban J connectivity index is 2.27. The van der Waals surface area contributed by atoms with Gasteiger partial charge in [0, 0.05) is 11.1 Å². The van der Waals surface area contributed by atoms with E-state index < -0.39 is 6.61 Å². The van der Waals surface area contributed by atoms with E-state index in [1.165, 1.54) is 55.7 Å². The van der Waals surface area contributed by atoms with Gasteiger partial charge in [-0.2, -0.15) is 14.0 Å². The Morgan fingerprint density at radius 2 is 1.92 bits per heavy atom. The number of rotatable bonds is 6. The predicted octanol–water partition coefficient (Wildman–Crippen LogP) is 4.06. The molecule has 0 N–H and O–H groups in total. The van der Waals surface area contributed by atoms with Crippen molar-refractivity contribution in [3.05, 3.63) is 65.2 Å². The molecule has 4 nitrogen and oxygen atoms in total. The number of nitrogens with zero attached hydrogens (tertiary/aromatic N) is 1. The lowest BCUT2D eigenvalue weighted by atomic mass is 10.1. The number of hydrogen-bond acceptors (Lipinski definition) is 4. The largest absolute Gasteiger partial charge is 0.493 e. The standard InChI is InChI=1S/C18H13F2NO3/c1-23-16-4-2-3-14(17(16)24-18(19)20)9-10-15(22)13-7-5-12(11-21)6-8-13/h2-10,18H,1H3/b10-9+. The quantitative estimate of drug-likeness (QED) is 0.592. The fourth-order valence-corrected chi connectivity index (χ4v) is 2.01. The van der Waals surface area contributed by atoms with Crippen LogP contribution in [0.1, 0.15) is 21.5 Å². The minimum atomic E-state index is -3.01. The van der Waals surface area contributed by atoms with E-state index in [4.69, 9.17) is 10.00 Å². The third kappa shape index (κ3) is 4.17. The molecule has 0 saturated heterocycles. The number of benzene rings is 2. The Bertz CT molecular complexity index is 793. The number of nitriles is 1. The molecule has 0 bridgehead atoms. The molecule has 122 valence electrons.